The van der Waals surface area contributed by atoms with Gasteiger partial charge in [-0.3, -0.25) is 0 Å². The highest BCUT2D eigenvalue weighted by Crippen LogP contribution is 2.14. The Bertz CT molecular complexity index is 233. The Morgan fingerprint density at radius 3 is 1.78 bits per heavy atom. The predicted molar refractivity (Wildman–Crippen MR) is 38.7 cm³/mol. The maximum absolute atomic E-state index is 9.97. The van der Waals surface area contributed by atoms with Gasteiger partial charge in [0.25, 0.3) is 0 Å². The van der Waals surface area contributed by atoms with Crippen molar-refractivity contribution in [3.63, 3.8) is 0 Å². The van der Waals surface area contributed by atoms with E-state index in [1.165, 1.54) is 0 Å². The summed E-state index contributed by atoms with van der Waals surface area (Å²) in [7, 11) is 0. The van der Waals surface area contributed by atoms with E-state index in [4.69, 9.17) is 0 Å². The van der Waals surface area contributed by atoms with E-state index < -0.39 is 0 Å². The maximum Gasteiger partial charge on any atom is 0.219 e. The SMILES string of the molecule is O=S=C1N=NC(=S=O)S1. The minimum atomic E-state index is 0.248. The number of hydrogen-bond donors (Lipinski definition) is 0. The Labute approximate surface area is 61.9 Å². The van der Waals surface area contributed by atoms with Gasteiger partial charge in [0.15, 0.2) is 0 Å². The zero-order valence-electron chi connectivity index (χ0n) is 3.94. The first-order valence-corrected chi connectivity index (χ1v) is 4.10. The molecule has 1 rings (SSSR count). The van der Waals surface area contributed by atoms with E-state index in [2.05, 4.69) is 10.2 Å². The van der Waals surface area contributed by atoms with Crippen LogP contribution < -0.4 is 0 Å². The molecule has 0 radical (unpaired) electrons. The van der Waals surface area contributed by atoms with E-state index in [0.717, 1.165) is 11.8 Å². The van der Waals surface area contributed by atoms with E-state index in [9.17, 15) is 8.42 Å². The van der Waals surface area contributed by atoms with Gasteiger partial charge in [0, 0.05) is 0 Å². The molecule has 0 aromatic heterocycles. The highest BCUT2D eigenvalue weighted by atomic mass is 32.2. The van der Waals surface area contributed by atoms with Crippen LogP contribution in [0.1, 0.15) is 0 Å². The Balaban J connectivity index is 2.96. The quantitative estimate of drug-likeness (QED) is 0.484. The Hall–Kier alpha value is -0.270. The number of nitrogens with zero attached hydrogens (tertiary/aromatic N) is 2. The fraction of sp³-hybridized carbons (Fsp3) is 0. The normalized spacial score (nSPS) is 16.4. The van der Waals surface area contributed by atoms with Crippen LogP contribution in [-0.4, -0.2) is 17.1 Å². The van der Waals surface area contributed by atoms with Crippen LogP contribution >= 0.6 is 11.8 Å². The van der Waals surface area contributed by atoms with E-state index in [-0.39, 0.29) is 31.2 Å². The number of azo groups is 1. The summed E-state index contributed by atoms with van der Waals surface area (Å²) in [6.07, 6.45) is 0. The molecule has 9 heavy (non-hydrogen) atoms. The highest BCUT2D eigenvalue weighted by Gasteiger charge is 2.11. The van der Waals surface area contributed by atoms with Crippen molar-refractivity contribution in [2.24, 2.45) is 10.2 Å². The van der Waals surface area contributed by atoms with Crippen molar-refractivity contribution >= 4 is 42.9 Å². The standard InChI is InChI=1S/C2N2O2S3/c5-8-1-3-4-2(7-1)9-6. The fourth-order valence-corrected chi connectivity index (χ4v) is 1.63. The molecule has 1 heterocycles. The molecule has 0 saturated heterocycles. The van der Waals surface area contributed by atoms with Crippen LogP contribution in [0.3, 0.4) is 0 Å². The maximum atomic E-state index is 9.97. The summed E-state index contributed by atoms with van der Waals surface area (Å²) in [6.45, 7) is 0. The molecule has 0 unspecified atom stereocenters. The van der Waals surface area contributed by atoms with Gasteiger partial charge in [0.05, 0.1) is 0 Å². The lowest BCUT2D eigenvalue weighted by molar-refractivity contribution is 0.700. The number of rotatable bonds is 0. The van der Waals surface area contributed by atoms with Gasteiger partial charge in [0.2, 0.25) is 8.64 Å². The van der Waals surface area contributed by atoms with Crippen molar-refractivity contribution < 1.29 is 8.42 Å². The minimum absolute atomic E-state index is 0.248. The first kappa shape index (κ1) is 6.84. The second kappa shape index (κ2) is 3.04. The van der Waals surface area contributed by atoms with Crippen molar-refractivity contribution in [1.29, 1.82) is 0 Å². The third-order valence-electron chi connectivity index (χ3n) is 0.530. The fourth-order valence-electron chi connectivity index (χ4n) is 0.265. The lowest BCUT2D eigenvalue weighted by atomic mass is 11.4. The smallest absolute Gasteiger partial charge is 0.209 e. The molecule has 0 amide bonds. The molecule has 4 nitrogen and oxygen atoms in total. The topological polar surface area (TPSA) is 58.9 Å². The molecule has 0 saturated carbocycles. The van der Waals surface area contributed by atoms with Gasteiger partial charge in [-0.25, -0.2) is 8.42 Å². The molecule has 0 aromatic carbocycles. The van der Waals surface area contributed by atoms with Crippen molar-refractivity contribution in [3.8, 4) is 0 Å². The zero-order chi connectivity index (χ0) is 6.69. The minimum Gasteiger partial charge on any atom is -0.209 e. The summed E-state index contributed by atoms with van der Waals surface area (Å²) < 4.78 is 20.5. The largest absolute Gasteiger partial charge is 0.219 e. The summed E-state index contributed by atoms with van der Waals surface area (Å²) >= 11 is 1.51. The molecule has 1 aliphatic heterocycles. The second-order valence-corrected chi connectivity index (χ2v) is 3.60. The molecule has 7 heteroatoms. The average molecular weight is 180 g/mol. The van der Waals surface area contributed by atoms with Crippen LogP contribution in [0.2, 0.25) is 0 Å². The molecule has 48 valence electrons. The van der Waals surface area contributed by atoms with Crippen LogP contribution in [0.5, 0.6) is 0 Å². The predicted octanol–water partition coefficient (Wildman–Crippen LogP) is -0.214. The molecule has 1 aliphatic rings. The van der Waals surface area contributed by atoms with E-state index in [1.807, 2.05) is 0 Å². The zero-order valence-corrected chi connectivity index (χ0v) is 6.39. The van der Waals surface area contributed by atoms with Crippen LogP contribution in [0.25, 0.3) is 0 Å². The van der Waals surface area contributed by atoms with E-state index in [0.29, 0.717) is 0 Å². The van der Waals surface area contributed by atoms with Crippen molar-refractivity contribution in [2.75, 3.05) is 0 Å². The van der Waals surface area contributed by atoms with Gasteiger partial charge < -0.3 is 0 Å². The molecule has 0 aliphatic carbocycles. The molecule has 0 N–H and O–H groups in total. The van der Waals surface area contributed by atoms with Gasteiger partial charge in [-0.15, -0.1) is 10.2 Å². The Morgan fingerprint density at radius 1 is 1.11 bits per heavy atom. The monoisotopic (exact) mass is 180 g/mol. The molecular weight excluding hydrogens is 180 g/mol. The van der Waals surface area contributed by atoms with E-state index >= 15 is 0 Å². The van der Waals surface area contributed by atoms with Gasteiger partial charge in [-0.1, -0.05) is 0 Å². The van der Waals surface area contributed by atoms with Crippen molar-refractivity contribution in [3.05, 3.63) is 0 Å². The van der Waals surface area contributed by atoms with Crippen LogP contribution in [0.4, 0.5) is 0 Å². The van der Waals surface area contributed by atoms with E-state index in [1.54, 1.807) is 0 Å². The number of thioether (sulfide) groups is 1. The summed E-state index contributed by atoms with van der Waals surface area (Å²) in [5.41, 5.74) is 0. The van der Waals surface area contributed by atoms with Crippen LogP contribution in [0.15, 0.2) is 10.2 Å². The van der Waals surface area contributed by atoms with Crippen LogP contribution in [-0.2, 0) is 22.5 Å². The molecule has 0 fully saturated rings. The molecule has 0 spiro atoms. The van der Waals surface area contributed by atoms with Crippen molar-refractivity contribution in [2.45, 2.75) is 0 Å². The highest BCUT2D eigenvalue weighted by molar-refractivity contribution is 8.36. The lowest BCUT2D eigenvalue weighted by Gasteiger charge is -1.72. The summed E-state index contributed by atoms with van der Waals surface area (Å²) in [5.74, 6) is 0. The third-order valence-corrected chi connectivity index (χ3v) is 2.40. The summed E-state index contributed by atoms with van der Waals surface area (Å²) in [4.78, 5) is 0. The lowest BCUT2D eigenvalue weighted by Crippen LogP contribution is -1.80. The van der Waals surface area contributed by atoms with Gasteiger partial charge >= 0.3 is 0 Å². The average Bonchev–Trinajstić information content (AvgIpc) is 2.34. The number of hydrogen-bond acceptors (Lipinski definition) is 3. The second-order valence-electron chi connectivity index (χ2n) is 1.00. The van der Waals surface area contributed by atoms with Gasteiger partial charge in [-0.2, -0.15) is 0 Å². The molecule has 0 atom stereocenters. The summed E-state index contributed by atoms with van der Waals surface area (Å²) in [5, 5.41) is 6.81. The van der Waals surface area contributed by atoms with Gasteiger partial charge in [-0.05, 0) is 11.8 Å². The Kier molecular flexibility index (Phi) is 2.31. The van der Waals surface area contributed by atoms with Crippen molar-refractivity contribution in [1.82, 2.24) is 0 Å². The molecule has 0 aromatic rings. The Morgan fingerprint density at radius 2 is 1.56 bits per heavy atom. The van der Waals surface area contributed by atoms with Gasteiger partial charge in [0.1, 0.15) is 22.5 Å². The molecule has 0 bridgehead atoms. The first-order valence-electron chi connectivity index (χ1n) is 1.80. The third kappa shape index (κ3) is 1.57. The van der Waals surface area contributed by atoms with Crippen LogP contribution in [0, 0.1) is 0 Å². The molecular formula is C2N2O2S3. The first-order chi connectivity index (χ1) is 4.36. The summed E-state index contributed by atoms with van der Waals surface area (Å²) in [6, 6.07) is 0.